The molecule has 0 aliphatic heterocycles. The SMILES string of the molecule is Cc1ccc2c(c1)C(O)(Cc1cncs1)CC2. The largest absolute Gasteiger partial charge is 0.385 e. The molecule has 0 amide bonds. The highest BCUT2D eigenvalue weighted by atomic mass is 32.1. The summed E-state index contributed by atoms with van der Waals surface area (Å²) >= 11 is 1.62. The number of fused-ring (bicyclic) bond motifs is 1. The number of aliphatic hydroxyl groups is 1. The van der Waals surface area contributed by atoms with E-state index in [4.69, 9.17) is 0 Å². The van der Waals surface area contributed by atoms with Crippen molar-refractivity contribution < 1.29 is 5.11 Å². The minimum absolute atomic E-state index is 0.687. The summed E-state index contributed by atoms with van der Waals surface area (Å²) in [6.45, 7) is 2.08. The Balaban J connectivity index is 1.98. The Hall–Kier alpha value is -1.19. The number of hydrogen-bond acceptors (Lipinski definition) is 3. The van der Waals surface area contributed by atoms with Crippen molar-refractivity contribution >= 4 is 11.3 Å². The topological polar surface area (TPSA) is 33.1 Å². The van der Waals surface area contributed by atoms with Crippen molar-refractivity contribution in [3.63, 3.8) is 0 Å². The van der Waals surface area contributed by atoms with E-state index in [9.17, 15) is 5.11 Å². The molecule has 1 aromatic heterocycles. The van der Waals surface area contributed by atoms with Gasteiger partial charge in [0.1, 0.15) is 0 Å². The normalized spacial score (nSPS) is 22.7. The molecule has 0 bridgehead atoms. The minimum atomic E-state index is -0.687. The number of hydrogen-bond donors (Lipinski definition) is 1. The van der Waals surface area contributed by atoms with Crippen molar-refractivity contribution in [3.8, 4) is 0 Å². The molecule has 1 unspecified atom stereocenters. The molecule has 1 atom stereocenters. The monoisotopic (exact) mass is 245 g/mol. The molecule has 0 fully saturated rings. The maximum atomic E-state index is 10.8. The van der Waals surface area contributed by atoms with Crippen LogP contribution in [0, 0.1) is 6.92 Å². The molecule has 0 spiro atoms. The molecule has 2 aromatic rings. The summed E-state index contributed by atoms with van der Waals surface area (Å²) in [4.78, 5) is 5.23. The second-order valence-corrected chi connectivity index (χ2v) is 5.81. The molecule has 2 nitrogen and oxygen atoms in total. The Morgan fingerprint density at radius 3 is 3.12 bits per heavy atom. The van der Waals surface area contributed by atoms with E-state index in [-0.39, 0.29) is 0 Å². The summed E-state index contributed by atoms with van der Waals surface area (Å²) in [6, 6.07) is 6.40. The van der Waals surface area contributed by atoms with E-state index >= 15 is 0 Å². The van der Waals surface area contributed by atoms with Gasteiger partial charge in [-0.1, -0.05) is 23.8 Å². The Morgan fingerprint density at radius 1 is 1.47 bits per heavy atom. The van der Waals surface area contributed by atoms with Crippen molar-refractivity contribution in [1.29, 1.82) is 0 Å². The Labute approximate surface area is 105 Å². The van der Waals surface area contributed by atoms with Crippen molar-refractivity contribution in [2.75, 3.05) is 0 Å². The Bertz CT molecular complexity index is 535. The second kappa shape index (κ2) is 3.93. The molecule has 1 N–H and O–H groups in total. The minimum Gasteiger partial charge on any atom is -0.385 e. The molecule has 1 aromatic carbocycles. The lowest BCUT2D eigenvalue weighted by Gasteiger charge is -2.23. The van der Waals surface area contributed by atoms with Gasteiger partial charge in [0.05, 0.1) is 11.1 Å². The first-order valence-electron chi connectivity index (χ1n) is 5.87. The van der Waals surface area contributed by atoms with E-state index in [1.54, 1.807) is 11.3 Å². The number of thiazole rings is 1. The van der Waals surface area contributed by atoms with Crippen molar-refractivity contribution in [2.45, 2.75) is 31.8 Å². The van der Waals surface area contributed by atoms with Gasteiger partial charge in [-0.05, 0) is 30.9 Å². The van der Waals surface area contributed by atoms with Crippen molar-refractivity contribution in [2.24, 2.45) is 0 Å². The Kier molecular flexibility index (Phi) is 2.53. The smallest absolute Gasteiger partial charge is 0.0951 e. The summed E-state index contributed by atoms with van der Waals surface area (Å²) < 4.78 is 0. The van der Waals surface area contributed by atoms with E-state index in [1.165, 1.54) is 11.1 Å². The molecule has 3 rings (SSSR count). The van der Waals surface area contributed by atoms with E-state index in [1.807, 2.05) is 11.7 Å². The predicted molar refractivity (Wildman–Crippen MR) is 69.2 cm³/mol. The third-order valence-electron chi connectivity index (χ3n) is 3.52. The third-order valence-corrected chi connectivity index (χ3v) is 4.30. The van der Waals surface area contributed by atoms with Crippen LogP contribution in [-0.4, -0.2) is 10.1 Å². The van der Waals surface area contributed by atoms with Gasteiger partial charge in [-0.2, -0.15) is 0 Å². The first-order chi connectivity index (χ1) is 8.17. The predicted octanol–water partition coefficient (Wildman–Crippen LogP) is 2.83. The van der Waals surface area contributed by atoms with Gasteiger partial charge in [-0.15, -0.1) is 11.3 Å². The van der Waals surface area contributed by atoms with Crippen LogP contribution in [0.1, 0.15) is 28.0 Å². The average Bonchev–Trinajstić information content (AvgIpc) is 2.89. The van der Waals surface area contributed by atoms with Gasteiger partial charge < -0.3 is 5.11 Å². The van der Waals surface area contributed by atoms with Crippen LogP contribution in [-0.2, 0) is 18.4 Å². The lowest BCUT2D eigenvalue weighted by Crippen LogP contribution is -2.25. The molecule has 1 aliphatic rings. The maximum Gasteiger partial charge on any atom is 0.0951 e. The van der Waals surface area contributed by atoms with E-state index in [0.29, 0.717) is 6.42 Å². The highest BCUT2D eigenvalue weighted by Crippen LogP contribution is 2.40. The van der Waals surface area contributed by atoms with Crippen LogP contribution in [0.3, 0.4) is 0 Å². The summed E-state index contributed by atoms with van der Waals surface area (Å²) in [6.07, 6.45) is 4.35. The summed E-state index contributed by atoms with van der Waals surface area (Å²) in [5, 5.41) is 10.8. The fraction of sp³-hybridized carbons (Fsp3) is 0.357. The number of rotatable bonds is 2. The molecule has 0 saturated carbocycles. The molecule has 0 saturated heterocycles. The highest BCUT2D eigenvalue weighted by molar-refractivity contribution is 7.09. The second-order valence-electron chi connectivity index (χ2n) is 4.84. The van der Waals surface area contributed by atoms with Gasteiger partial charge in [-0.25, -0.2) is 0 Å². The molecule has 17 heavy (non-hydrogen) atoms. The maximum absolute atomic E-state index is 10.8. The van der Waals surface area contributed by atoms with Gasteiger partial charge >= 0.3 is 0 Å². The fourth-order valence-electron chi connectivity index (χ4n) is 2.62. The van der Waals surface area contributed by atoms with Crippen LogP contribution in [0.15, 0.2) is 29.9 Å². The van der Waals surface area contributed by atoms with Crippen LogP contribution >= 0.6 is 11.3 Å². The number of benzene rings is 1. The molecule has 0 radical (unpaired) electrons. The fourth-order valence-corrected chi connectivity index (χ4v) is 3.32. The summed E-state index contributed by atoms with van der Waals surface area (Å²) in [7, 11) is 0. The Morgan fingerprint density at radius 2 is 2.35 bits per heavy atom. The van der Waals surface area contributed by atoms with Gasteiger partial charge in [0, 0.05) is 17.5 Å². The third kappa shape index (κ3) is 1.90. The van der Waals surface area contributed by atoms with E-state index < -0.39 is 5.60 Å². The average molecular weight is 245 g/mol. The lowest BCUT2D eigenvalue weighted by molar-refractivity contribution is 0.0397. The zero-order chi connectivity index (χ0) is 11.9. The van der Waals surface area contributed by atoms with E-state index in [0.717, 1.165) is 23.3 Å². The first kappa shape index (κ1) is 10.9. The van der Waals surface area contributed by atoms with Crippen LogP contribution < -0.4 is 0 Å². The summed E-state index contributed by atoms with van der Waals surface area (Å²) in [5.74, 6) is 0. The number of aryl methyl sites for hydroxylation is 2. The van der Waals surface area contributed by atoms with E-state index in [2.05, 4.69) is 30.1 Å². The van der Waals surface area contributed by atoms with Crippen LogP contribution in [0.2, 0.25) is 0 Å². The molecule has 1 aliphatic carbocycles. The molecule has 88 valence electrons. The van der Waals surface area contributed by atoms with Crippen LogP contribution in [0.5, 0.6) is 0 Å². The zero-order valence-electron chi connectivity index (χ0n) is 9.81. The quantitative estimate of drug-likeness (QED) is 0.882. The standard InChI is InChI=1S/C14H15NOS/c1-10-2-3-11-4-5-14(16,13(11)6-10)7-12-8-15-9-17-12/h2-3,6,8-9,16H,4-5,7H2,1H3. The van der Waals surface area contributed by atoms with Crippen LogP contribution in [0.25, 0.3) is 0 Å². The van der Waals surface area contributed by atoms with Gasteiger partial charge in [0.25, 0.3) is 0 Å². The number of aromatic nitrogens is 1. The lowest BCUT2D eigenvalue weighted by atomic mass is 9.91. The molecular weight excluding hydrogens is 230 g/mol. The van der Waals surface area contributed by atoms with Crippen LogP contribution in [0.4, 0.5) is 0 Å². The van der Waals surface area contributed by atoms with Crippen molar-refractivity contribution in [1.82, 2.24) is 4.98 Å². The molecule has 3 heteroatoms. The highest BCUT2D eigenvalue weighted by Gasteiger charge is 2.36. The molecule has 1 heterocycles. The molecular formula is C14H15NOS. The van der Waals surface area contributed by atoms with Crippen molar-refractivity contribution in [3.05, 3.63) is 51.5 Å². The van der Waals surface area contributed by atoms with Gasteiger partial charge in [0.15, 0.2) is 0 Å². The van der Waals surface area contributed by atoms with Gasteiger partial charge in [0.2, 0.25) is 0 Å². The number of nitrogens with zero attached hydrogens (tertiary/aromatic N) is 1. The zero-order valence-corrected chi connectivity index (χ0v) is 10.6. The van der Waals surface area contributed by atoms with Gasteiger partial charge in [-0.3, -0.25) is 4.98 Å². The first-order valence-corrected chi connectivity index (χ1v) is 6.75. The summed E-state index contributed by atoms with van der Waals surface area (Å²) in [5.41, 5.74) is 4.76.